The van der Waals surface area contributed by atoms with Crippen molar-refractivity contribution in [3.05, 3.63) is 76.7 Å². The van der Waals surface area contributed by atoms with E-state index in [2.05, 4.69) is 26.5 Å². The minimum atomic E-state index is -0.0799. The number of carbonyl (C=O) groups excluding carboxylic acids is 1. The van der Waals surface area contributed by atoms with Gasteiger partial charge in [0.25, 0.3) is 5.91 Å². The highest BCUT2D eigenvalue weighted by Gasteiger charge is 2.30. The molecule has 3 rings (SSSR count). The number of thiocarbonyl (C=S) groups is 1. The van der Waals surface area contributed by atoms with E-state index in [-0.39, 0.29) is 5.91 Å². The summed E-state index contributed by atoms with van der Waals surface area (Å²) >= 11 is 6.56. The van der Waals surface area contributed by atoms with Crippen molar-refractivity contribution in [3.8, 4) is 11.5 Å². The topological polar surface area (TPSA) is 38.8 Å². The number of rotatable bonds is 8. The Hall–Kier alpha value is -2.57. The Kier molecular flexibility index (Phi) is 7.12. The number of hydrogen-bond donors (Lipinski definition) is 0. The van der Waals surface area contributed by atoms with Crippen LogP contribution in [0.4, 0.5) is 0 Å². The van der Waals surface area contributed by atoms with E-state index in [4.69, 9.17) is 21.7 Å². The molecule has 1 aliphatic rings. The lowest BCUT2D eigenvalue weighted by Gasteiger charge is -2.10. The van der Waals surface area contributed by atoms with Crippen LogP contribution in [-0.4, -0.2) is 34.9 Å². The number of ether oxygens (including phenoxy) is 2. The van der Waals surface area contributed by atoms with Crippen molar-refractivity contribution in [2.45, 2.75) is 13.8 Å². The largest absolute Gasteiger partial charge is 0.490 e. The first-order valence-electron chi connectivity index (χ1n) is 9.26. The maximum Gasteiger partial charge on any atom is 0.266 e. The first kappa shape index (κ1) is 21.1. The average molecular weight is 426 g/mol. The number of thioether (sulfide) groups is 1. The van der Waals surface area contributed by atoms with Crippen LogP contribution in [0, 0.1) is 13.8 Å². The van der Waals surface area contributed by atoms with Crippen LogP contribution < -0.4 is 9.47 Å². The zero-order valence-corrected chi connectivity index (χ0v) is 18.1. The van der Waals surface area contributed by atoms with E-state index >= 15 is 0 Å². The summed E-state index contributed by atoms with van der Waals surface area (Å²) in [6.45, 7) is 9.11. The maximum absolute atomic E-state index is 12.4. The van der Waals surface area contributed by atoms with Crippen molar-refractivity contribution in [2.75, 3.05) is 19.8 Å². The molecule has 0 atom stereocenters. The van der Waals surface area contributed by atoms with E-state index < -0.39 is 0 Å². The minimum absolute atomic E-state index is 0.0799. The first-order chi connectivity index (χ1) is 14.0. The van der Waals surface area contributed by atoms with Crippen molar-refractivity contribution in [2.24, 2.45) is 0 Å². The van der Waals surface area contributed by atoms with Gasteiger partial charge >= 0.3 is 0 Å². The lowest BCUT2D eigenvalue weighted by Crippen LogP contribution is -2.27. The molecule has 0 unspecified atom stereocenters. The van der Waals surface area contributed by atoms with Gasteiger partial charge in [-0.05, 0) is 60.9 Å². The molecule has 6 heteroatoms. The molecule has 0 N–H and O–H groups in total. The first-order valence-corrected chi connectivity index (χ1v) is 10.5. The molecule has 2 aromatic rings. The van der Waals surface area contributed by atoms with Crippen molar-refractivity contribution in [3.63, 3.8) is 0 Å². The number of carbonyl (C=O) groups is 1. The van der Waals surface area contributed by atoms with Crippen LogP contribution in [0.1, 0.15) is 16.7 Å². The number of amides is 1. The quantitative estimate of drug-likeness (QED) is 0.253. The normalized spacial score (nSPS) is 15.1. The third-order valence-electron chi connectivity index (χ3n) is 4.18. The summed E-state index contributed by atoms with van der Waals surface area (Å²) < 4.78 is 12.1. The molecule has 1 saturated heterocycles. The van der Waals surface area contributed by atoms with E-state index in [1.807, 2.05) is 42.5 Å². The summed E-state index contributed by atoms with van der Waals surface area (Å²) in [4.78, 5) is 14.5. The number of hydrogen-bond acceptors (Lipinski definition) is 5. The second kappa shape index (κ2) is 9.76. The summed E-state index contributed by atoms with van der Waals surface area (Å²) in [5, 5.41) is 0. The van der Waals surface area contributed by atoms with E-state index in [1.54, 1.807) is 11.0 Å². The fourth-order valence-electron chi connectivity index (χ4n) is 2.93. The van der Waals surface area contributed by atoms with Crippen LogP contribution >= 0.6 is 24.0 Å². The standard InChI is InChI=1S/C23H23NO3S2/c1-4-9-24-22(25)21(29-23(24)28)15-18-5-7-19(8-6-18)26-10-11-27-20-13-16(2)12-17(3)14-20/h4-8,12-15H,1,9-11H2,2-3H3/b21-15-. The van der Waals surface area contributed by atoms with Crippen molar-refractivity contribution >= 4 is 40.3 Å². The fourth-order valence-corrected chi connectivity index (χ4v) is 4.21. The van der Waals surface area contributed by atoms with E-state index in [9.17, 15) is 4.79 Å². The zero-order chi connectivity index (χ0) is 20.8. The van der Waals surface area contributed by atoms with Gasteiger partial charge < -0.3 is 9.47 Å². The molecule has 0 bridgehead atoms. The van der Waals surface area contributed by atoms with Gasteiger partial charge in [-0.3, -0.25) is 9.69 Å². The molecular weight excluding hydrogens is 402 g/mol. The Bertz CT molecular complexity index is 931. The molecule has 0 aliphatic carbocycles. The van der Waals surface area contributed by atoms with E-state index in [0.29, 0.717) is 29.0 Å². The lowest BCUT2D eigenvalue weighted by molar-refractivity contribution is -0.121. The monoisotopic (exact) mass is 425 g/mol. The van der Waals surface area contributed by atoms with Gasteiger partial charge in [0.2, 0.25) is 0 Å². The molecule has 0 saturated carbocycles. The Morgan fingerprint density at radius 3 is 2.28 bits per heavy atom. The summed E-state index contributed by atoms with van der Waals surface area (Å²) in [5.41, 5.74) is 3.28. The van der Waals surface area contributed by atoms with Crippen LogP contribution in [0.15, 0.2) is 60.0 Å². The van der Waals surface area contributed by atoms with Crippen LogP contribution in [0.3, 0.4) is 0 Å². The molecule has 1 fully saturated rings. The SMILES string of the molecule is C=CCN1C(=O)/C(=C/c2ccc(OCCOc3cc(C)cc(C)c3)cc2)SC1=S. The van der Waals surface area contributed by atoms with Gasteiger partial charge in [0, 0.05) is 6.54 Å². The Balaban J connectivity index is 1.52. The molecule has 1 amide bonds. The van der Waals surface area contributed by atoms with Crippen molar-refractivity contribution in [1.29, 1.82) is 0 Å². The van der Waals surface area contributed by atoms with Gasteiger partial charge in [0.1, 0.15) is 29.0 Å². The Morgan fingerprint density at radius 1 is 1.03 bits per heavy atom. The molecule has 0 radical (unpaired) electrons. The molecular formula is C23H23NO3S2. The van der Waals surface area contributed by atoms with Gasteiger partial charge in [-0.15, -0.1) is 6.58 Å². The third kappa shape index (κ3) is 5.71. The van der Waals surface area contributed by atoms with Crippen LogP contribution in [-0.2, 0) is 4.79 Å². The summed E-state index contributed by atoms with van der Waals surface area (Å²) in [6, 6.07) is 13.7. The van der Waals surface area contributed by atoms with Crippen LogP contribution in [0.25, 0.3) is 6.08 Å². The second-order valence-electron chi connectivity index (χ2n) is 6.67. The van der Waals surface area contributed by atoms with Crippen molar-refractivity contribution < 1.29 is 14.3 Å². The molecule has 29 heavy (non-hydrogen) atoms. The lowest BCUT2D eigenvalue weighted by atomic mass is 10.1. The van der Waals surface area contributed by atoms with E-state index in [1.165, 1.54) is 22.9 Å². The molecule has 150 valence electrons. The smallest absolute Gasteiger partial charge is 0.266 e. The van der Waals surface area contributed by atoms with Crippen LogP contribution in [0.2, 0.25) is 0 Å². The molecule has 0 spiro atoms. The number of benzene rings is 2. The van der Waals surface area contributed by atoms with Gasteiger partial charge in [-0.1, -0.05) is 48.3 Å². The molecule has 1 aliphatic heterocycles. The molecule has 2 aromatic carbocycles. The highest BCUT2D eigenvalue weighted by Crippen LogP contribution is 2.32. The molecule has 0 aromatic heterocycles. The number of aryl methyl sites for hydroxylation is 2. The van der Waals surface area contributed by atoms with E-state index in [0.717, 1.165) is 17.1 Å². The van der Waals surface area contributed by atoms with Crippen LogP contribution in [0.5, 0.6) is 11.5 Å². The Labute approximate surface area is 181 Å². The second-order valence-corrected chi connectivity index (χ2v) is 8.35. The predicted octanol–water partition coefficient (Wildman–Crippen LogP) is 5.15. The highest BCUT2D eigenvalue weighted by molar-refractivity contribution is 8.26. The predicted molar refractivity (Wildman–Crippen MR) is 123 cm³/mol. The maximum atomic E-state index is 12.4. The molecule has 1 heterocycles. The molecule has 4 nitrogen and oxygen atoms in total. The minimum Gasteiger partial charge on any atom is -0.490 e. The van der Waals surface area contributed by atoms with Crippen molar-refractivity contribution in [1.82, 2.24) is 4.90 Å². The fraction of sp³-hybridized carbons (Fsp3) is 0.217. The Morgan fingerprint density at radius 2 is 1.66 bits per heavy atom. The summed E-state index contributed by atoms with van der Waals surface area (Å²) in [5.74, 6) is 1.53. The number of nitrogens with zero attached hydrogens (tertiary/aromatic N) is 1. The zero-order valence-electron chi connectivity index (χ0n) is 16.5. The summed E-state index contributed by atoms with van der Waals surface area (Å²) in [6.07, 6.45) is 3.51. The third-order valence-corrected chi connectivity index (χ3v) is 5.56. The highest BCUT2D eigenvalue weighted by atomic mass is 32.2. The average Bonchev–Trinajstić information content (AvgIpc) is 2.93. The van der Waals surface area contributed by atoms with Gasteiger partial charge in [-0.25, -0.2) is 0 Å². The van der Waals surface area contributed by atoms with Gasteiger partial charge in [-0.2, -0.15) is 0 Å². The van der Waals surface area contributed by atoms with Gasteiger partial charge in [0.05, 0.1) is 4.91 Å². The summed E-state index contributed by atoms with van der Waals surface area (Å²) in [7, 11) is 0. The van der Waals surface area contributed by atoms with Gasteiger partial charge in [0.15, 0.2) is 0 Å².